The molecule has 9 rings (SSSR count). The van der Waals surface area contributed by atoms with Crippen LogP contribution in [0.15, 0.2) is 115 Å². The zero-order valence-electron chi connectivity index (χ0n) is 24.5. The molecule has 6 aromatic carbocycles. The van der Waals surface area contributed by atoms with E-state index >= 15 is 0 Å². The summed E-state index contributed by atoms with van der Waals surface area (Å²) in [7, 11) is 0. The van der Waals surface area contributed by atoms with Gasteiger partial charge >= 0.3 is 255 Å². The molecule has 3 aliphatic rings. The van der Waals surface area contributed by atoms with E-state index in [0.717, 1.165) is 0 Å². The monoisotopic (exact) mass is 616 g/mol. The summed E-state index contributed by atoms with van der Waals surface area (Å²) in [4.78, 5) is 0. The zero-order valence-corrected chi connectivity index (χ0v) is 27.0. The molecule has 2 aliphatic carbocycles. The van der Waals surface area contributed by atoms with Crippen LogP contribution in [0.2, 0.25) is 8.26 Å². The van der Waals surface area contributed by atoms with Crippen molar-refractivity contribution < 1.29 is 20.3 Å². The van der Waals surface area contributed by atoms with Gasteiger partial charge in [-0.05, 0) is 0 Å². The maximum absolute atomic E-state index is 2.73. The minimum absolute atomic E-state index is 0.630. The fraction of sp³-hybridized carbons (Fsp3) is 0.171. The second-order valence-electron chi connectivity index (χ2n) is 13.1. The number of aryl methyl sites for hydroxylation is 2. The summed E-state index contributed by atoms with van der Waals surface area (Å²) < 4.78 is 4.24. The topological polar surface area (TPSA) is 0 Å². The van der Waals surface area contributed by atoms with Crippen LogP contribution in [0.25, 0.3) is 49.4 Å². The third-order valence-corrected chi connectivity index (χ3v) is 23.3. The van der Waals surface area contributed by atoms with Gasteiger partial charge in [-0.3, -0.25) is 0 Å². The van der Waals surface area contributed by atoms with Crippen LogP contribution in [0, 0.1) is 13.8 Å². The van der Waals surface area contributed by atoms with Crippen molar-refractivity contribution in [2.24, 2.45) is 0 Å². The second-order valence-corrected chi connectivity index (χ2v) is 24.6. The van der Waals surface area contributed by atoms with Gasteiger partial charge < -0.3 is 0 Å². The van der Waals surface area contributed by atoms with Crippen molar-refractivity contribution >= 4 is 27.1 Å². The SMILES string of the molecule is CC1=C[CH]([Zr]2([CH]3c4cc(C)ccc4-c4ccc(C)cc43)[CH2][CH2]2)c2cccc(-c3cc4ccccc4c4ccccc34)c21. The molecule has 0 N–H and O–H groups in total. The number of benzene rings is 6. The van der Waals surface area contributed by atoms with Crippen LogP contribution in [0.4, 0.5) is 0 Å². The van der Waals surface area contributed by atoms with E-state index in [0.29, 0.717) is 7.25 Å². The van der Waals surface area contributed by atoms with E-state index in [9.17, 15) is 0 Å². The molecule has 0 amide bonds. The normalized spacial score (nSPS) is 18.2. The molecule has 1 fully saturated rings. The van der Waals surface area contributed by atoms with Gasteiger partial charge in [-0.15, -0.1) is 0 Å². The van der Waals surface area contributed by atoms with Crippen molar-refractivity contribution in [1.82, 2.24) is 0 Å². The first-order valence-corrected chi connectivity index (χ1v) is 21.8. The first-order chi connectivity index (χ1) is 20.5. The van der Waals surface area contributed by atoms with Crippen LogP contribution in [0.3, 0.4) is 0 Å². The molecule has 0 aromatic heterocycles. The predicted molar refractivity (Wildman–Crippen MR) is 176 cm³/mol. The first-order valence-electron chi connectivity index (χ1n) is 15.5. The van der Waals surface area contributed by atoms with Crippen LogP contribution >= 0.6 is 0 Å². The Morgan fingerprint density at radius 1 is 0.524 bits per heavy atom. The Morgan fingerprint density at radius 3 is 1.86 bits per heavy atom. The molecule has 0 spiro atoms. The van der Waals surface area contributed by atoms with Gasteiger partial charge in [-0.1, -0.05) is 0 Å². The standard InChI is InChI=1S/C24H17.C15H13.C2H4.Zr/c1-16-13-14-17-8-6-12-22(24(16)17)23-15-18-7-2-3-9-19(18)20-10-4-5-11-21(20)23;1-10-3-5-14-12(7-10)9-13-8-11(2)4-6-15(13)14;1-2;/h2-15H,1H3;3-9H,1-2H3;1-2H2;. The fourth-order valence-corrected chi connectivity index (χ4v) is 25.2. The van der Waals surface area contributed by atoms with E-state index in [1.54, 1.807) is 16.7 Å². The van der Waals surface area contributed by atoms with E-state index in [1.807, 2.05) is 0 Å². The Labute approximate surface area is 253 Å². The maximum atomic E-state index is 2.73. The Morgan fingerprint density at radius 2 is 1.17 bits per heavy atom. The second kappa shape index (κ2) is 8.98. The molecule has 0 nitrogen and oxygen atoms in total. The Kier molecular flexibility index (Phi) is 5.35. The van der Waals surface area contributed by atoms with Gasteiger partial charge in [0.15, 0.2) is 0 Å². The molecule has 1 unspecified atom stereocenters. The number of fused-ring (bicyclic) bond motifs is 7. The summed E-state index contributed by atoms with van der Waals surface area (Å²) in [6, 6.07) is 42.1. The van der Waals surface area contributed by atoms with E-state index in [4.69, 9.17) is 0 Å². The number of hydrogen-bond donors (Lipinski definition) is 0. The van der Waals surface area contributed by atoms with Crippen molar-refractivity contribution in [2.45, 2.75) is 36.3 Å². The van der Waals surface area contributed by atoms with E-state index in [1.165, 1.54) is 74.3 Å². The molecule has 0 radical (unpaired) electrons. The fourth-order valence-electron chi connectivity index (χ4n) is 8.71. The number of rotatable bonds is 3. The molecule has 42 heavy (non-hydrogen) atoms. The van der Waals surface area contributed by atoms with Crippen LogP contribution in [0.5, 0.6) is 0 Å². The van der Waals surface area contributed by atoms with Crippen molar-refractivity contribution in [2.75, 3.05) is 0 Å². The summed E-state index contributed by atoms with van der Waals surface area (Å²) in [5, 5.41) is 5.37. The van der Waals surface area contributed by atoms with Crippen LogP contribution in [-0.2, 0) is 20.3 Å². The number of allylic oxidation sites excluding steroid dienone is 2. The van der Waals surface area contributed by atoms with Gasteiger partial charge in [0.25, 0.3) is 0 Å². The average Bonchev–Trinajstić information content (AvgIpc) is 3.63. The molecule has 6 aromatic rings. The van der Waals surface area contributed by atoms with Gasteiger partial charge in [0, 0.05) is 0 Å². The molecule has 0 saturated carbocycles. The van der Waals surface area contributed by atoms with E-state index < -0.39 is 20.3 Å². The first kappa shape index (κ1) is 25.0. The van der Waals surface area contributed by atoms with Crippen molar-refractivity contribution in [1.29, 1.82) is 0 Å². The molecule has 1 aliphatic heterocycles. The van der Waals surface area contributed by atoms with Crippen LogP contribution in [0.1, 0.15) is 47.6 Å². The predicted octanol–water partition coefficient (Wildman–Crippen LogP) is 11.5. The molecule has 202 valence electrons. The summed E-state index contributed by atoms with van der Waals surface area (Å²) in [5.41, 5.74) is 16.5. The van der Waals surface area contributed by atoms with Crippen LogP contribution in [-0.4, -0.2) is 0 Å². The Bertz CT molecular complexity index is 2090. The number of hydrogen-bond acceptors (Lipinski definition) is 0. The average molecular weight is 618 g/mol. The van der Waals surface area contributed by atoms with E-state index in [2.05, 4.69) is 136 Å². The van der Waals surface area contributed by atoms with Gasteiger partial charge in [-0.2, -0.15) is 0 Å². The molecule has 1 saturated heterocycles. The summed E-state index contributed by atoms with van der Waals surface area (Å²) >= 11 is -2.72. The van der Waals surface area contributed by atoms with Gasteiger partial charge in [0.05, 0.1) is 0 Å². The van der Waals surface area contributed by atoms with Crippen molar-refractivity contribution in [3.8, 4) is 22.3 Å². The van der Waals surface area contributed by atoms with Crippen molar-refractivity contribution in [3.05, 3.63) is 149 Å². The molecule has 1 atom stereocenters. The summed E-state index contributed by atoms with van der Waals surface area (Å²) in [5.74, 6) is 0. The van der Waals surface area contributed by atoms with Gasteiger partial charge in [0.2, 0.25) is 0 Å². The summed E-state index contributed by atoms with van der Waals surface area (Å²) in [6.45, 7) is 6.93. The summed E-state index contributed by atoms with van der Waals surface area (Å²) in [6.07, 6.45) is 2.73. The minimum atomic E-state index is -2.72. The van der Waals surface area contributed by atoms with Gasteiger partial charge in [0.1, 0.15) is 0 Å². The quantitative estimate of drug-likeness (QED) is 0.173. The zero-order chi connectivity index (χ0) is 28.2. The molecule has 1 heteroatoms. The van der Waals surface area contributed by atoms with Crippen LogP contribution < -0.4 is 0 Å². The molecule has 1 heterocycles. The third-order valence-electron chi connectivity index (χ3n) is 10.6. The molecular formula is C41H34Zr. The molecule has 0 bridgehead atoms. The molecular weight excluding hydrogens is 584 g/mol. The Hall–Kier alpha value is -3.54. The third kappa shape index (κ3) is 3.44. The Balaban J connectivity index is 1.24. The van der Waals surface area contributed by atoms with E-state index in [-0.39, 0.29) is 0 Å². The van der Waals surface area contributed by atoms with Crippen molar-refractivity contribution in [3.63, 3.8) is 0 Å². The van der Waals surface area contributed by atoms with Gasteiger partial charge in [-0.25, -0.2) is 0 Å².